The van der Waals surface area contributed by atoms with Gasteiger partial charge >= 0.3 is 0 Å². The largest absolute Gasteiger partial charge is 0.458 e. The molecule has 2 aromatic rings. The van der Waals surface area contributed by atoms with E-state index in [1.165, 1.54) is 12.1 Å². The monoisotopic (exact) mass is 223 g/mol. The molecule has 0 saturated carbocycles. The van der Waals surface area contributed by atoms with Crippen LogP contribution in [0.1, 0.15) is 11.9 Å². The third-order valence-electron chi connectivity index (χ3n) is 2.36. The first-order valence-corrected chi connectivity index (χ1v) is 5.08. The van der Waals surface area contributed by atoms with Gasteiger partial charge in [-0.15, -0.1) is 0 Å². The Labute approximate surface area is 93.1 Å². The van der Waals surface area contributed by atoms with Gasteiger partial charge in [-0.25, -0.2) is 4.39 Å². The first-order valence-electron chi connectivity index (χ1n) is 5.08. The number of hydrogen-bond acceptors (Lipinski definition) is 3. The summed E-state index contributed by atoms with van der Waals surface area (Å²) in [5.74, 6) is 0.163. The lowest BCUT2D eigenvalue weighted by Crippen LogP contribution is -2.19. The van der Waals surface area contributed by atoms with Gasteiger partial charge < -0.3 is 14.4 Å². The highest BCUT2D eigenvalue weighted by atomic mass is 19.1. The van der Waals surface area contributed by atoms with Crippen LogP contribution in [-0.4, -0.2) is 30.6 Å². The summed E-state index contributed by atoms with van der Waals surface area (Å²) in [6.07, 6.45) is -0.689. The highest BCUT2D eigenvalue weighted by molar-refractivity contribution is 5.77. The second-order valence-electron chi connectivity index (χ2n) is 4.11. The second-order valence-corrected chi connectivity index (χ2v) is 4.11. The summed E-state index contributed by atoms with van der Waals surface area (Å²) in [7, 11) is 3.73. The lowest BCUT2D eigenvalue weighted by atomic mass is 10.2. The molecule has 1 atom stereocenters. The Morgan fingerprint density at radius 2 is 2.12 bits per heavy atom. The predicted molar refractivity (Wildman–Crippen MR) is 59.7 cm³/mol. The molecule has 0 aliphatic rings. The third-order valence-corrected chi connectivity index (χ3v) is 2.36. The van der Waals surface area contributed by atoms with E-state index in [-0.39, 0.29) is 5.82 Å². The molecular formula is C12H14FNO2. The number of likely N-dealkylation sites (N-methyl/N-ethyl adjacent to an activating group) is 1. The topological polar surface area (TPSA) is 36.6 Å². The van der Waals surface area contributed by atoms with Crippen LogP contribution in [0.3, 0.4) is 0 Å². The minimum Gasteiger partial charge on any atom is -0.458 e. The van der Waals surface area contributed by atoms with E-state index in [2.05, 4.69) is 0 Å². The Balaban J connectivity index is 2.32. The number of aliphatic hydroxyl groups excluding tert-OH is 1. The van der Waals surface area contributed by atoms with Crippen LogP contribution >= 0.6 is 0 Å². The van der Waals surface area contributed by atoms with Crippen molar-refractivity contribution in [3.05, 3.63) is 35.8 Å². The first kappa shape index (κ1) is 11.1. The number of aliphatic hydroxyl groups is 1. The molecule has 1 aromatic heterocycles. The van der Waals surface area contributed by atoms with E-state index < -0.39 is 6.10 Å². The average Bonchev–Trinajstić information content (AvgIpc) is 2.59. The lowest BCUT2D eigenvalue weighted by Gasteiger charge is -2.13. The van der Waals surface area contributed by atoms with E-state index in [1.54, 1.807) is 12.1 Å². The number of benzene rings is 1. The van der Waals surface area contributed by atoms with Crippen molar-refractivity contribution in [1.29, 1.82) is 0 Å². The van der Waals surface area contributed by atoms with Crippen molar-refractivity contribution in [3.8, 4) is 0 Å². The standard InChI is InChI=1S/C12H14FNO2/c1-14(2)7-10(15)12-6-8-5-9(13)3-4-11(8)16-12/h3-6,10,15H,7H2,1-2H3. The van der Waals surface area contributed by atoms with Gasteiger partial charge in [0.15, 0.2) is 0 Å². The van der Waals surface area contributed by atoms with Gasteiger partial charge in [-0.3, -0.25) is 0 Å². The molecule has 1 unspecified atom stereocenters. The molecule has 86 valence electrons. The van der Waals surface area contributed by atoms with Crippen molar-refractivity contribution in [2.75, 3.05) is 20.6 Å². The van der Waals surface area contributed by atoms with Crippen LogP contribution in [0.25, 0.3) is 11.0 Å². The molecule has 0 amide bonds. The Hall–Kier alpha value is -1.39. The van der Waals surface area contributed by atoms with Crippen molar-refractivity contribution in [2.45, 2.75) is 6.10 Å². The summed E-state index contributed by atoms with van der Waals surface area (Å²) in [5.41, 5.74) is 0.592. The number of nitrogens with zero attached hydrogens (tertiary/aromatic N) is 1. The maximum absolute atomic E-state index is 12.9. The highest BCUT2D eigenvalue weighted by Gasteiger charge is 2.14. The van der Waals surface area contributed by atoms with Crippen molar-refractivity contribution >= 4 is 11.0 Å². The molecule has 0 radical (unpaired) electrons. The van der Waals surface area contributed by atoms with Gasteiger partial charge in [0.25, 0.3) is 0 Å². The predicted octanol–water partition coefficient (Wildman–Crippen LogP) is 2.17. The molecule has 16 heavy (non-hydrogen) atoms. The van der Waals surface area contributed by atoms with E-state index in [9.17, 15) is 9.50 Å². The van der Waals surface area contributed by atoms with Crippen LogP contribution in [0.4, 0.5) is 4.39 Å². The van der Waals surface area contributed by atoms with Crippen LogP contribution in [-0.2, 0) is 0 Å². The van der Waals surface area contributed by atoms with Gasteiger partial charge in [-0.2, -0.15) is 0 Å². The SMILES string of the molecule is CN(C)CC(O)c1cc2cc(F)ccc2o1. The van der Waals surface area contributed by atoms with E-state index >= 15 is 0 Å². The molecule has 1 N–H and O–H groups in total. The Kier molecular flexibility index (Phi) is 2.94. The summed E-state index contributed by atoms with van der Waals surface area (Å²) < 4.78 is 18.4. The van der Waals surface area contributed by atoms with E-state index in [4.69, 9.17) is 4.42 Å². The molecule has 1 aromatic carbocycles. The maximum Gasteiger partial charge on any atom is 0.135 e. The molecule has 1 heterocycles. The molecule has 0 saturated heterocycles. The molecular weight excluding hydrogens is 209 g/mol. The quantitative estimate of drug-likeness (QED) is 0.866. The summed E-state index contributed by atoms with van der Waals surface area (Å²) >= 11 is 0. The molecule has 0 aliphatic heterocycles. The second kappa shape index (κ2) is 4.23. The Morgan fingerprint density at radius 3 is 2.81 bits per heavy atom. The summed E-state index contributed by atoms with van der Waals surface area (Å²) in [6, 6.07) is 5.97. The zero-order valence-electron chi connectivity index (χ0n) is 9.27. The Morgan fingerprint density at radius 1 is 1.38 bits per heavy atom. The van der Waals surface area contributed by atoms with Gasteiger partial charge in [0.1, 0.15) is 23.3 Å². The average molecular weight is 223 g/mol. The van der Waals surface area contributed by atoms with Gasteiger partial charge in [0.05, 0.1) is 0 Å². The van der Waals surface area contributed by atoms with Crippen LogP contribution in [0, 0.1) is 5.82 Å². The highest BCUT2D eigenvalue weighted by Crippen LogP contribution is 2.24. The normalized spacial score (nSPS) is 13.6. The smallest absolute Gasteiger partial charge is 0.135 e. The molecule has 0 fully saturated rings. The van der Waals surface area contributed by atoms with Crippen LogP contribution in [0.2, 0.25) is 0 Å². The summed E-state index contributed by atoms with van der Waals surface area (Å²) in [6.45, 7) is 0.475. The first-order chi connectivity index (χ1) is 7.56. The molecule has 0 bridgehead atoms. The fourth-order valence-corrected chi connectivity index (χ4v) is 1.63. The molecule has 2 rings (SSSR count). The van der Waals surface area contributed by atoms with E-state index in [0.717, 1.165) is 0 Å². The third kappa shape index (κ3) is 2.23. The van der Waals surface area contributed by atoms with Crippen LogP contribution in [0.5, 0.6) is 0 Å². The zero-order chi connectivity index (χ0) is 11.7. The number of hydrogen-bond donors (Lipinski definition) is 1. The minimum atomic E-state index is -0.689. The van der Waals surface area contributed by atoms with Crippen molar-refractivity contribution in [1.82, 2.24) is 4.90 Å². The number of rotatable bonds is 3. The van der Waals surface area contributed by atoms with Crippen LogP contribution < -0.4 is 0 Å². The van der Waals surface area contributed by atoms with Gasteiger partial charge in [0, 0.05) is 11.9 Å². The molecule has 0 spiro atoms. The maximum atomic E-state index is 12.9. The number of halogens is 1. The Bertz CT molecular complexity index is 493. The fraction of sp³-hybridized carbons (Fsp3) is 0.333. The van der Waals surface area contributed by atoms with Gasteiger partial charge in [-0.05, 0) is 38.4 Å². The summed E-state index contributed by atoms with van der Waals surface area (Å²) in [5, 5.41) is 10.5. The van der Waals surface area contributed by atoms with Gasteiger partial charge in [-0.1, -0.05) is 0 Å². The van der Waals surface area contributed by atoms with Gasteiger partial charge in [0.2, 0.25) is 0 Å². The van der Waals surface area contributed by atoms with Crippen molar-refractivity contribution < 1.29 is 13.9 Å². The molecule has 4 heteroatoms. The zero-order valence-corrected chi connectivity index (χ0v) is 9.27. The van der Waals surface area contributed by atoms with E-state index in [0.29, 0.717) is 23.3 Å². The molecule has 3 nitrogen and oxygen atoms in total. The minimum absolute atomic E-state index is 0.304. The summed E-state index contributed by atoms with van der Waals surface area (Å²) in [4.78, 5) is 1.86. The van der Waals surface area contributed by atoms with E-state index in [1.807, 2.05) is 19.0 Å². The molecule has 0 aliphatic carbocycles. The van der Waals surface area contributed by atoms with Crippen molar-refractivity contribution in [2.24, 2.45) is 0 Å². The number of furan rings is 1. The van der Waals surface area contributed by atoms with Crippen molar-refractivity contribution in [3.63, 3.8) is 0 Å². The fourth-order valence-electron chi connectivity index (χ4n) is 1.63. The number of fused-ring (bicyclic) bond motifs is 1. The lowest BCUT2D eigenvalue weighted by molar-refractivity contribution is 0.117. The van der Waals surface area contributed by atoms with Crippen LogP contribution in [0.15, 0.2) is 28.7 Å².